The molecule has 2 N–H and O–H groups in total. The highest BCUT2D eigenvalue weighted by atomic mass is 16.3. The maximum Gasteiger partial charge on any atom is 0.119 e. The minimum atomic E-state index is -0.125. The van der Waals surface area contributed by atoms with Crippen molar-refractivity contribution in [1.29, 1.82) is 0 Å². The molecule has 2 aromatic rings. The number of rotatable bonds is 3. The van der Waals surface area contributed by atoms with Gasteiger partial charge in [-0.1, -0.05) is 73.6 Å². The van der Waals surface area contributed by atoms with E-state index in [0.29, 0.717) is 17.4 Å². The summed E-state index contributed by atoms with van der Waals surface area (Å²) in [5.74, 6) is 1.31. The Kier molecular flexibility index (Phi) is 5.71. The zero-order chi connectivity index (χ0) is 20.7. The standard InChI is InChI=1S/C25H36O2/c1-15(2)23(17-10-11-21(26)19(13-17)24(4,5)6)18-14-20(25(7,8)9)22(27)12-16(18)3/h10-15,23,26-27H,1-9H3. The third-order valence-corrected chi connectivity index (χ3v) is 5.38. The van der Waals surface area contributed by atoms with Gasteiger partial charge in [0.2, 0.25) is 0 Å². The molecule has 0 amide bonds. The van der Waals surface area contributed by atoms with Gasteiger partial charge >= 0.3 is 0 Å². The SMILES string of the molecule is Cc1cc(O)c(C(C)(C)C)cc1C(c1ccc(O)c(C(C)(C)C)c1)C(C)C. The van der Waals surface area contributed by atoms with E-state index in [-0.39, 0.29) is 16.7 Å². The number of aryl methyl sites for hydroxylation is 1. The fraction of sp³-hybridized carbons (Fsp3) is 0.520. The van der Waals surface area contributed by atoms with Crippen LogP contribution in [-0.2, 0) is 10.8 Å². The molecule has 0 aliphatic rings. The first kappa shape index (κ1) is 21.3. The zero-order valence-corrected chi connectivity index (χ0v) is 18.4. The maximum absolute atomic E-state index is 10.5. The van der Waals surface area contributed by atoms with Crippen molar-refractivity contribution in [3.8, 4) is 11.5 Å². The van der Waals surface area contributed by atoms with Gasteiger partial charge in [0, 0.05) is 5.92 Å². The van der Waals surface area contributed by atoms with Crippen molar-refractivity contribution in [3.05, 3.63) is 58.1 Å². The van der Waals surface area contributed by atoms with Crippen LogP contribution in [-0.4, -0.2) is 10.2 Å². The van der Waals surface area contributed by atoms with Crippen molar-refractivity contribution in [1.82, 2.24) is 0 Å². The fourth-order valence-electron chi connectivity index (χ4n) is 3.92. The van der Waals surface area contributed by atoms with Crippen LogP contribution in [0.15, 0.2) is 30.3 Å². The van der Waals surface area contributed by atoms with Crippen LogP contribution in [0.4, 0.5) is 0 Å². The predicted molar refractivity (Wildman–Crippen MR) is 115 cm³/mol. The van der Waals surface area contributed by atoms with Crippen LogP contribution >= 0.6 is 0 Å². The van der Waals surface area contributed by atoms with Crippen LogP contribution in [0.1, 0.15) is 89.1 Å². The van der Waals surface area contributed by atoms with Gasteiger partial charge < -0.3 is 10.2 Å². The smallest absolute Gasteiger partial charge is 0.119 e. The largest absolute Gasteiger partial charge is 0.508 e. The first-order valence-corrected chi connectivity index (χ1v) is 9.91. The van der Waals surface area contributed by atoms with Crippen LogP contribution in [0.25, 0.3) is 0 Å². The van der Waals surface area contributed by atoms with Gasteiger partial charge in [0.15, 0.2) is 0 Å². The summed E-state index contributed by atoms with van der Waals surface area (Å²) in [6, 6.07) is 10.1. The Hall–Kier alpha value is -1.96. The van der Waals surface area contributed by atoms with E-state index in [1.807, 2.05) is 18.2 Å². The Bertz CT molecular complexity index is 817. The molecule has 0 fully saturated rings. The van der Waals surface area contributed by atoms with E-state index in [2.05, 4.69) is 74.4 Å². The Morgan fingerprint density at radius 2 is 1.26 bits per heavy atom. The molecule has 0 spiro atoms. The predicted octanol–water partition coefficient (Wildman–Crippen LogP) is 6.79. The fourth-order valence-corrected chi connectivity index (χ4v) is 3.92. The second kappa shape index (κ2) is 7.22. The molecule has 0 bridgehead atoms. The van der Waals surface area contributed by atoms with Gasteiger partial charge in [0.05, 0.1) is 0 Å². The van der Waals surface area contributed by atoms with Gasteiger partial charge in [-0.25, -0.2) is 0 Å². The normalized spacial score (nSPS) is 13.9. The molecule has 0 radical (unpaired) electrons. The van der Waals surface area contributed by atoms with E-state index in [1.165, 1.54) is 11.1 Å². The van der Waals surface area contributed by atoms with E-state index < -0.39 is 0 Å². The van der Waals surface area contributed by atoms with Gasteiger partial charge in [-0.3, -0.25) is 0 Å². The van der Waals surface area contributed by atoms with E-state index in [4.69, 9.17) is 0 Å². The third kappa shape index (κ3) is 4.48. The van der Waals surface area contributed by atoms with Crippen LogP contribution in [0.3, 0.4) is 0 Å². The third-order valence-electron chi connectivity index (χ3n) is 5.38. The Labute approximate surface area is 165 Å². The minimum absolute atomic E-state index is 0.123. The molecule has 0 saturated heterocycles. The number of phenolic OH excluding ortho intramolecular Hbond substituents is 2. The van der Waals surface area contributed by atoms with Crippen molar-refractivity contribution < 1.29 is 10.2 Å². The van der Waals surface area contributed by atoms with Crippen molar-refractivity contribution in [2.75, 3.05) is 0 Å². The van der Waals surface area contributed by atoms with E-state index in [1.54, 1.807) is 0 Å². The zero-order valence-electron chi connectivity index (χ0n) is 18.4. The van der Waals surface area contributed by atoms with Crippen LogP contribution < -0.4 is 0 Å². The molecule has 0 saturated carbocycles. The first-order valence-electron chi connectivity index (χ1n) is 9.91. The first-order chi connectivity index (χ1) is 12.2. The van der Waals surface area contributed by atoms with Gasteiger partial charge in [-0.2, -0.15) is 0 Å². The quantitative estimate of drug-likeness (QED) is 0.626. The van der Waals surface area contributed by atoms with Gasteiger partial charge in [0.25, 0.3) is 0 Å². The number of aromatic hydroxyl groups is 2. The number of phenols is 2. The summed E-state index contributed by atoms with van der Waals surface area (Å²) in [4.78, 5) is 0. The summed E-state index contributed by atoms with van der Waals surface area (Å²) in [6.07, 6.45) is 0. The second-order valence-corrected chi connectivity index (χ2v) is 10.2. The molecule has 0 aromatic heterocycles. The van der Waals surface area contributed by atoms with Crippen molar-refractivity contribution >= 4 is 0 Å². The lowest BCUT2D eigenvalue weighted by Gasteiger charge is -2.29. The summed E-state index contributed by atoms with van der Waals surface area (Å²) < 4.78 is 0. The molecule has 1 unspecified atom stereocenters. The van der Waals surface area contributed by atoms with E-state index >= 15 is 0 Å². The second-order valence-electron chi connectivity index (χ2n) is 10.2. The monoisotopic (exact) mass is 368 g/mol. The topological polar surface area (TPSA) is 40.5 Å². The molecule has 27 heavy (non-hydrogen) atoms. The highest BCUT2D eigenvalue weighted by molar-refractivity contribution is 5.50. The summed E-state index contributed by atoms with van der Waals surface area (Å²) in [5.41, 5.74) is 5.26. The average Bonchev–Trinajstić information content (AvgIpc) is 2.48. The van der Waals surface area contributed by atoms with Gasteiger partial charge in [-0.05, 0) is 63.6 Å². The lowest BCUT2D eigenvalue weighted by atomic mass is 9.75. The highest BCUT2D eigenvalue weighted by Crippen LogP contribution is 2.42. The Balaban J connectivity index is 2.71. The number of benzene rings is 2. The van der Waals surface area contributed by atoms with Crippen molar-refractivity contribution in [2.24, 2.45) is 5.92 Å². The highest BCUT2D eigenvalue weighted by Gasteiger charge is 2.27. The molecule has 2 nitrogen and oxygen atoms in total. The molecule has 2 aromatic carbocycles. The molecular weight excluding hydrogens is 332 g/mol. The summed E-state index contributed by atoms with van der Waals surface area (Å²) in [6.45, 7) is 19.3. The molecule has 2 heteroatoms. The van der Waals surface area contributed by atoms with E-state index in [0.717, 1.165) is 16.7 Å². The Morgan fingerprint density at radius 3 is 1.74 bits per heavy atom. The van der Waals surface area contributed by atoms with Crippen LogP contribution in [0, 0.1) is 12.8 Å². The number of hydrogen-bond acceptors (Lipinski definition) is 2. The van der Waals surface area contributed by atoms with Crippen LogP contribution in [0.5, 0.6) is 11.5 Å². The molecule has 0 aliphatic carbocycles. The molecule has 0 heterocycles. The van der Waals surface area contributed by atoms with E-state index in [9.17, 15) is 10.2 Å². The van der Waals surface area contributed by atoms with Crippen LogP contribution in [0.2, 0.25) is 0 Å². The average molecular weight is 369 g/mol. The lowest BCUT2D eigenvalue weighted by molar-refractivity contribution is 0.443. The Morgan fingerprint density at radius 1 is 0.741 bits per heavy atom. The maximum atomic E-state index is 10.5. The molecular formula is C25H36O2. The summed E-state index contributed by atoms with van der Waals surface area (Å²) >= 11 is 0. The summed E-state index contributed by atoms with van der Waals surface area (Å²) in [5, 5.41) is 20.9. The molecule has 148 valence electrons. The van der Waals surface area contributed by atoms with Gasteiger partial charge in [-0.15, -0.1) is 0 Å². The summed E-state index contributed by atoms with van der Waals surface area (Å²) in [7, 11) is 0. The lowest BCUT2D eigenvalue weighted by Crippen LogP contribution is -2.17. The number of hydrogen-bond donors (Lipinski definition) is 2. The molecule has 0 aliphatic heterocycles. The van der Waals surface area contributed by atoms with Crippen molar-refractivity contribution in [2.45, 2.75) is 79.1 Å². The van der Waals surface area contributed by atoms with Gasteiger partial charge in [0.1, 0.15) is 11.5 Å². The molecule has 2 rings (SSSR count). The molecule has 1 atom stereocenters. The minimum Gasteiger partial charge on any atom is -0.508 e. The van der Waals surface area contributed by atoms with Crippen molar-refractivity contribution in [3.63, 3.8) is 0 Å².